The Bertz CT molecular complexity index is 460. The molecule has 0 amide bonds. The van der Waals surface area contributed by atoms with Crippen molar-refractivity contribution in [2.24, 2.45) is 5.41 Å². The zero-order valence-electron chi connectivity index (χ0n) is 13.9. The molecule has 1 fully saturated rings. The molecule has 0 saturated heterocycles. The molecule has 0 aliphatic heterocycles. The Hall–Kier alpha value is -1.35. The van der Waals surface area contributed by atoms with Crippen LogP contribution >= 0.6 is 0 Å². The number of hydrogen-bond donors (Lipinski definition) is 1. The maximum absolute atomic E-state index is 12.9. The second kappa shape index (κ2) is 8.33. The molecule has 0 radical (unpaired) electrons. The Morgan fingerprint density at radius 2 is 2.09 bits per heavy atom. The van der Waals surface area contributed by atoms with Crippen molar-refractivity contribution in [1.29, 1.82) is 0 Å². The van der Waals surface area contributed by atoms with Crippen molar-refractivity contribution < 1.29 is 9.53 Å². The third-order valence-electron chi connectivity index (χ3n) is 4.97. The first-order valence-electron chi connectivity index (χ1n) is 8.61. The fraction of sp³-hybridized carbons (Fsp3) is 0.632. The quantitative estimate of drug-likeness (QED) is 0.613. The van der Waals surface area contributed by atoms with Crippen LogP contribution in [0.1, 0.15) is 56.9 Å². The van der Waals surface area contributed by atoms with E-state index in [0.29, 0.717) is 12.5 Å². The topological polar surface area (TPSA) is 38.3 Å². The minimum Gasteiger partial charge on any atom is -0.466 e. The van der Waals surface area contributed by atoms with Crippen LogP contribution in [0.25, 0.3) is 0 Å². The molecule has 2 rings (SSSR count). The molecule has 2 atom stereocenters. The zero-order valence-corrected chi connectivity index (χ0v) is 13.9. The Morgan fingerprint density at radius 1 is 1.32 bits per heavy atom. The van der Waals surface area contributed by atoms with E-state index in [2.05, 4.69) is 29.6 Å². The summed E-state index contributed by atoms with van der Waals surface area (Å²) in [6.07, 6.45) is 6.29. The summed E-state index contributed by atoms with van der Waals surface area (Å²) in [4.78, 5) is 12.9. The number of hydrogen-bond acceptors (Lipinski definition) is 3. The summed E-state index contributed by atoms with van der Waals surface area (Å²) in [6, 6.07) is 10.5. The van der Waals surface area contributed by atoms with Gasteiger partial charge in [0, 0.05) is 0 Å². The lowest BCUT2D eigenvalue weighted by atomic mass is 9.61. The Balaban J connectivity index is 2.30. The first kappa shape index (κ1) is 17.0. The van der Waals surface area contributed by atoms with Crippen molar-refractivity contribution in [3.05, 3.63) is 35.9 Å². The first-order chi connectivity index (χ1) is 10.7. The normalized spacial score (nSPS) is 24.9. The van der Waals surface area contributed by atoms with E-state index in [-0.39, 0.29) is 11.4 Å². The van der Waals surface area contributed by atoms with Crippen molar-refractivity contribution in [1.82, 2.24) is 5.32 Å². The molecule has 0 spiro atoms. The molecule has 0 bridgehead atoms. The van der Waals surface area contributed by atoms with Gasteiger partial charge in [-0.1, -0.05) is 43.2 Å². The summed E-state index contributed by atoms with van der Waals surface area (Å²) in [6.45, 7) is 3.32. The van der Waals surface area contributed by atoms with Gasteiger partial charge in [0.05, 0.1) is 12.0 Å². The number of nitrogens with one attached hydrogen (secondary N) is 1. The number of benzene rings is 1. The first-order valence-corrected chi connectivity index (χ1v) is 8.61. The van der Waals surface area contributed by atoms with Crippen LogP contribution in [0.2, 0.25) is 0 Å². The van der Waals surface area contributed by atoms with Gasteiger partial charge in [-0.2, -0.15) is 0 Å². The number of carbonyl (C=O) groups excluding carboxylic acids is 1. The summed E-state index contributed by atoms with van der Waals surface area (Å²) >= 11 is 0. The smallest absolute Gasteiger partial charge is 0.312 e. The molecule has 1 aliphatic rings. The molecule has 3 nitrogen and oxygen atoms in total. The van der Waals surface area contributed by atoms with Crippen molar-refractivity contribution in [2.45, 2.75) is 51.4 Å². The van der Waals surface area contributed by atoms with E-state index in [0.717, 1.165) is 38.6 Å². The molecule has 3 heteroatoms. The van der Waals surface area contributed by atoms with Gasteiger partial charge in [-0.25, -0.2) is 0 Å². The van der Waals surface area contributed by atoms with Gasteiger partial charge in [0.15, 0.2) is 0 Å². The van der Waals surface area contributed by atoms with E-state index in [1.54, 1.807) is 0 Å². The highest BCUT2D eigenvalue weighted by atomic mass is 16.5. The highest BCUT2D eigenvalue weighted by Crippen LogP contribution is 2.51. The predicted octanol–water partition coefficient (Wildman–Crippen LogP) is 3.89. The molecule has 2 unspecified atom stereocenters. The van der Waals surface area contributed by atoms with Crippen LogP contribution in [0.3, 0.4) is 0 Å². The van der Waals surface area contributed by atoms with Crippen molar-refractivity contribution in [3.63, 3.8) is 0 Å². The number of rotatable bonds is 7. The summed E-state index contributed by atoms with van der Waals surface area (Å²) in [5, 5.41) is 3.20. The van der Waals surface area contributed by atoms with Gasteiger partial charge in [-0.3, -0.25) is 4.79 Å². The van der Waals surface area contributed by atoms with Crippen LogP contribution in [-0.2, 0) is 9.53 Å². The van der Waals surface area contributed by atoms with Crippen LogP contribution in [0.5, 0.6) is 0 Å². The lowest BCUT2D eigenvalue weighted by molar-refractivity contribution is -0.159. The number of carbonyl (C=O) groups is 1. The van der Waals surface area contributed by atoms with Gasteiger partial charge in [-0.15, -0.1) is 0 Å². The Morgan fingerprint density at radius 3 is 2.77 bits per heavy atom. The fourth-order valence-corrected chi connectivity index (χ4v) is 3.91. The third-order valence-corrected chi connectivity index (χ3v) is 4.97. The van der Waals surface area contributed by atoms with Crippen molar-refractivity contribution >= 4 is 5.97 Å². The van der Waals surface area contributed by atoms with E-state index in [9.17, 15) is 4.79 Å². The predicted molar refractivity (Wildman–Crippen MR) is 89.9 cm³/mol. The molecular formula is C19H29NO2. The molecule has 0 heterocycles. The van der Waals surface area contributed by atoms with Crippen LogP contribution in [0, 0.1) is 5.41 Å². The molecule has 122 valence electrons. The van der Waals surface area contributed by atoms with Crippen molar-refractivity contribution in [2.75, 3.05) is 20.2 Å². The van der Waals surface area contributed by atoms with Crippen LogP contribution < -0.4 is 5.32 Å². The monoisotopic (exact) mass is 303 g/mol. The molecule has 1 aromatic carbocycles. The summed E-state index contributed by atoms with van der Waals surface area (Å²) in [5.41, 5.74) is 0.951. The molecule has 1 aliphatic carbocycles. The van der Waals surface area contributed by atoms with Gasteiger partial charge < -0.3 is 10.1 Å². The second-order valence-corrected chi connectivity index (χ2v) is 6.29. The summed E-state index contributed by atoms with van der Waals surface area (Å²) < 4.78 is 5.51. The lowest BCUT2D eigenvalue weighted by Crippen LogP contribution is -2.41. The number of ether oxygens (including phenoxy) is 1. The zero-order chi connectivity index (χ0) is 15.8. The minimum atomic E-state index is -0.341. The second-order valence-electron chi connectivity index (χ2n) is 6.29. The van der Waals surface area contributed by atoms with E-state index in [1.807, 2.05) is 20.0 Å². The van der Waals surface area contributed by atoms with E-state index in [1.165, 1.54) is 12.0 Å². The van der Waals surface area contributed by atoms with E-state index in [4.69, 9.17) is 4.74 Å². The molecule has 1 N–H and O–H groups in total. The van der Waals surface area contributed by atoms with Crippen LogP contribution in [0.4, 0.5) is 0 Å². The van der Waals surface area contributed by atoms with Gasteiger partial charge in [0.25, 0.3) is 0 Å². The van der Waals surface area contributed by atoms with Crippen molar-refractivity contribution in [3.8, 4) is 0 Å². The SMILES string of the molecule is CCOC(=O)C1(CCCNC)CCCCC1c1ccccc1. The fourth-order valence-electron chi connectivity index (χ4n) is 3.91. The molecule has 0 aromatic heterocycles. The highest BCUT2D eigenvalue weighted by molar-refractivity contribution is 5.78. The number of esters is 1. The Kier molecular flexibility index (Phi) is 6.44. The van der Waals surface area contributed by atoms with E-state index >= 15 is 0 Å². The van der Waals surface area contributed by atoms with Gasteiger partial charge >= 0.3 is 5.97 Å². The molecular weight excluding hydrogens is 274 g/mol. The van der Waals surface area contributed by atoms with E-state index < -0.39 is 0 Å². The third kappa shape index (κ3) is 3.70. The largest absolute Gasteiger partial charge is 0.466 e. The van der Waals surface area contributed by atoms with Crippen LogP contribution in [-0.4, -0.2) is 26.2 Å². The minimum absolute atomic E-state index is 0.0136. The summed E-state index contributed by atoms with van der Waals surface area (Å²) in [7, 11) is 1.96. The average Bonchev–Trinajstić information content (AvgIpc) is 2.56. The molecule has 22 heavy (non-hydrogen) atoms. The van der Waals surface area contributed by atoms with Gasteiger partial charge in [0.1, 0.15) is 0 Å². The maximum atomic E-state index is 12.9. The van der Waals surface area contributed by atoms with Crippen LogP contribution in [0.15, 0.2) is 30.3 Å². The van der Waals surface area contributed by atoms with Gasteiger partial charge in [-0.05, 0) is 57.7 Å². The Labute approximate surface area is 134 Å². The maximum Gasteiger partial charge on any atom is 0.312 e. The average molecular weight is 303 g/mol. The van der Waals surface area contributed by atoms with Gasteiger partial charge in [0.2, 0.25) is 0 Å². The molecule has 1 saturated carbocycles. The lowest BCUT2D eigenvalue weighted by Gasteiger charge is -2.42. The highest BCUT2D eigenvalue weighted by Gasteiger charge is 2.48. The summed E-state index contributed by atoms with van der Waals surface area (Å²) in [5.74, 6) is 0.304. The standard InChI is InChI=1S/C19H29NO2/c1-3-22-18(21)19(14-9-15-20-2)13-8-7-12-17(19)16-10-5-4-6-11-16/h4-6,10-11,17,20H,3,7-9,12-15H2,1-2H3. The molecule has 1 aromatic rings.